The van der Waals surface area contributed by atoms with Gasteiger partial charge in [0.2, 0.25) is 0 Å². The van der Waals surface area contributed by atoms with Gasteiger partial charge in [0.05, 0.1) is 17.4 Å². The van der Waals surface area contributed by atoms with Crippen molar-refractivity contribution in [3.63, 3.8) is 0 Å². The van der Waals surface area contributed by atoms with Crippen molar-refractivity contribution < 1.29 is 9.32 Å². The minimum atomic E-state index is 0.0289. The monoisotopic (exact) mass is 357 g/mol. The number of hydrogen-bond acceptors (Lipinski definition) is 5. The zero-order valence-electron chi connectivity index (χ0n) is 15.6. The van der Waals surface area contributed by atoms with E-state index in [1.165, 1.54) is 32.1 Å². The fourth-order valence-corrected chi connectivity index (χ4v) is 4.33. The third kappa shape index (κ3) is 3.27. The summed E-state index contributed by atoms with van der Waals surface area (Å²) in [6.45, 7) is 5.07. The largest absolute Gasteiger partial charge is 0.361 e. The summed E-state index contributed by atoms with van der Waals surface area (Å²) >= 11 is 0. The molecule has 0 N–H and O–H groups in total. The molecule has 2 fully saturated rings. The lowest BCUT2D eigenvalue weighted by Gasteiger charge is -2.31. The average molecular weight is 357 g/mol. The van der Waals surface area contributed by atoms with Crippen molar-refractivity contribution in [1.29, 1.82) is 0 Å². The first-order chi connectivity index (χ1) is 12.6. The van der Waals surface area contributed by atoms with Gasteiger partial charge < -0.3 is 9.42 Å². The van der Waals surface area contributed by atoms with Gasteiger partial charge in [0, 0.05) is 25.2 Å². The van der Waals surface area contributed by atoms with E-state index >= 15 is 0 Å². The summed E-state index contributed by atoms with van der Waals surface area (Å²) in [6.07, 6.45) is 10.4. The first-order valence-corrected chi connectivity index (χ1v) is 9.77. The minimum absolute atomic E-state index is 0.0289. The van der Waals surface area contributed by atoms with E-state index in [9.17, 15) is 4.79 Å². The summed E-state index contributed by atoms with van der Waals surface area (Å²) in [4.78, 5) is 14.7. The van der Waals surface area contributed by atoms with Gasteiger partial charge in [-0.3, -0.25) is 4.79 Å². The summed E-state index contributed by atoms with van der Waals surface area (Å²) < 4.78 is 7.17. The number of aryl methyl sites for hydroxylation is 2. The topological polar surface area (TPSA) is 77.0 Å². The number of piperidine rings is 1. The minimum Gasteiger partial charge on any atom is -0.361 e. The highest BCUT2D eigenvalue weighted by Crippen LogP contribution is 2.32. The van der Waals surface area contributed by atoms with Crippen LogP contribution in [0.15, 0.2) is 10.7 Å². The molecule has 1 aliphatic carbocycles. The number of carbonyl (C=O) groups excluding carboxylic acids is 1. The number of likely N-dealkylation sites (tertiary alicyclic amines) is 1. The summed E-state index contributed by atoms with van der Waals surface area (Å²) in [5.41, 5.74) is 2.44. The zero-order chi connectivity index (χ0) is 18.1. The Labute approximate surface area is 153 Å². The maximum atomic E-state index is 12.7. The third-order valence-corrected chi connectivity index (χ3v) is 5.92. The quantitative estimate of drug-likeness (QED) is 0.841. The van der Waals surface area contributed by atoms with Crippen molar-refractivity contribution in [2.75, 3.05) is 13.1 Å². The van der Waals surface area contributed by atoms with Crippen LogP contribution in [0.1, 0.15) is 84.4 Å². The van der Waals surface area contributed by atoms with Crippen LogP contribution >= 0.6 is 0 Å². The molecule has 7 heteroatoms. The van der Waals surface area contributed by atoms with Gasteiger partial charge in [0.25, 0.3) is 5.91 Å². The van der Waals surface area contributed by atoms with Crippen LogP contribution in [-0.4, -0.2) is 44.0 Å². The Morgan fingerprint density at radius 3 is 2.50 bits per heavy atom. The van der Waals surface area contributed by atoms with Crippen LogP contribution in [0, 0.1) is 13.8 Å². The van der Waals surface area contributed by atoms with Crippen LogP contribution in [0.3, 0.4) is 0 Å². The fourth-order valence-electron chi connectivity index (χ4n) is 4.33. The molecule has 0 atom stereocenters. The van der Waals surface area contributed by atoms with E-state index in [4.69, 9.17) is 4.52 Å². The number of carbonyl (C=O) groups is 1. The SMILES string of the molecule is Cc1noc(C)c1C(=O)N1CCC(n2cc(C3CCCCC3)nn2)CC1. The molecule has 0 bridgehead atoms. The van der Waals surface area contributed by atoms with Crippen molar-refractivity contribution in [3.8, 4) is 0 Å². The Bertz CT molecular complexity index is 747. The van der Waals surface area contributed by atoms with Gasteiger partial charge in [0.1, 0.15) is 11.3 Å². The van der Waals surface area contributed by atoms with E-state index in [1.54, 1.807) is 6.92 Å². The molecule has 3 heterocycles. The number of amides is 1. The van der Waals surface area contributed by atoms with Gasteiger partial charge >= 0.3 is 0 Å². The summed E-state index contributed by atoms with van der Waals surface area (Å²) in [7, 11) is 0. The van der Waals surface area contributed by atoms with Crippen LogP contribution in [0.2, 0.25) is 0 Å². The van der Waals surface area contributed by atoms with Gasteiger partial charge in [-0.15, -0.1) is 5.10 Å². The molecule has 7 nitrogen and oxygen atoms in total. The van der Waals surface area contributed by atoms with Crippen molar-refractivity contribution in [1.82, 2.24) is 25.1 Å². The second-order valence-electron chi connectivity index (χ2n) is 7.68. The average Bonchev–Trinajstić information content (AvgIpc) is 3.29. The van der Waals surface area contributed by atoms with Crippen molar-refractivity contribution in [2.45, 2.75) is 70.8 Å². The lowest BCUT2D eigenvalue weighted by atomic mass is 9.87. The van der Waals surface area contributed by atoms with E-state index in [-0.39, 0.29) is 5.91 Å². The summed E-state index contributed by atoms with van der Waals surface area (Å²) in [5.74, 6) is 1.21. The molecule has 1 amide bonds. The summed E-state index contributed by atoms with van der Waals surface area (Å²) in [5, 5.41) is 12.7. The smallest absolute Gasteiger partial charge is 0.259 e. The van der Waals surface area contributed by atoms with Gasteiger partial charge in [0.15, 0.2) is 0 Å². The van der Waals surface area contributed by atoms with Crippen molar-refractivity contribution in [3.05, 3.63) is 28.9 Å². The first-order valence-electron chi connectivity index (χ1n) is 9.77. The van der Waals surface area contributed by atoms with E-state index in [2.05, 4.69) is 21.7 Å². The van der Waals surface area contributed by atoms with Gasteiger partial charge in [-0.2, -0.15) is 0 Å². The zero-order valence-corrected chi connectivity index (χ0v) is 15.6. The predicted octanol–water partition coefficient (Wildman–Crippen LogP) is 3.41. The van der Waals surface area contributed by atoms with E-state index < -0.39 is 0 Å². The van der Waals surface area contributed by atoms with E-state index in [0.29, 0.717) is 29.0 Å². The Hall–Kier alpha value is -2.18. The molecular formula is C19H27N5O2. The van der Waals surface area contributed by atoms with Crippen LogP contribution in [0.25, 0.3) is 0 Å². The van der Waals surface area contributed by atoms with Gasteiger partial charge in [-0.25, -0.2) is 4.68 Å². The second-order valence-corrected chi connectivity index (χ2v) is 7.68. The molecule has 1 saturated heterocycles. The van der Waals surface area contributed by atoms with Gasteiger partial charge in [-0.05, 0) is 39.5 Å². The van der Waals surface area contributed by atoms with Crippen LogP contribution in [-0.2, 0) is 0 Å². The fraction of sp³-hybridized carbons (Fsp3) is 0.684. The number of aromatic nitrogens is 4. The van der Waals surface area contributed by atoms with Crippen LogP contribution in [0.4, 0.5) is 0 Å². The van der Waals surface area contributed by atoms with Crippen LogP contribution in [0.5, 0.6) is 0 Å². The van der Waals surface area contributed by atoms with Gasteiger partial charge in [-0.1, -0.05) is 29.6 Å². The Balaban J connectivity index is 1.38. The standard InChI is InChI=1S/C19H27N5O2/c1-13-18(14(2)26-21-13)19(25)23-10-8-16(9-11-23)24-12-17(20-22-24)15-6-4-3-5-7-15/h12,15-16H,3-11H2,1-2H3. The lowest BCUT2D eigenvalue weighted by Crippen LogP contribution is -2.39. The Morgan fingerprint density at radius 1 is 1.12 bits per heavy atom. The molecule has 4 rings (SSSR count). The molecule has 1 saturated carbocycles. The first kappa shape index (κ1) is 17.2. The maximum Gasteiger partial charge on any atom is 0.259 e. The Kier molecular flexibility index (Phi) is 4.78. The molecule has 26 heavy (non-hydrogen) atoms. The number of rotatable bonds is 3. The maximum absolute atomic E-state index is 12.7. The molecule has 2 aromatic rings. The van der Waals surface area contributed by atoms with Crippen molar-refractivity contribution in [2.24, 2.45) is 0 Å². The van der Waals surface area contributed by atoms with E-state index in [0.717, 1.165) is 31.6 Å². The molecule has 0 radical (unpaired) electrons. The predicted molar refractivity (Wildman–Crippen MR) is 96.0 cm³/mol. The number of hydrogen-bond donors (Lipinski definition) is 0. The number of nitrogens with zero attached hydrogens (tertiary/aromatic N) is 5. The normalized spacial score (nSPS) is 19.8. The molecule has 0 unspecified atom stereocenters. The lowest BCUT2D eigenvalue weighted by molar-refractivity contribution is 0.0687. The summed E-state index contributed by atoms with van der Waals surface area (Å²) in [6, 6.07) is 0.327. The molecule has 0 aromatic carbocycles. The molecule has 0 spiro atoms. The second kappa shape index (κ2) is 7.21. The molecule has 2 aromatic heterocycles. The Morgan fingerprint density at radius 2 is 1.85 bits per heavy atom. The highest BCUT2D eigenvalue weighted by Gasteiger charge is 2.29. The molecule has 2 aliphatic rings. The highest BCUT2D eigenvalue weighted by atomic mass is 16.5. The van der Waals surface area contributed by atoms with E-state index in [1.807, 2.05) is 16.5 Å². The third-order valence-electron chi connectivity index (χ3n) is 5.92. The molecule has 1 aliphatic heterocycles. The molecular weight excluding hydrogens is 330 g/mol. The van der Waals surface area contributed by atoms with Crippen LogP contribution < -0.4 is 0 Å². The molecule has 140 valence electrons. The van der Waals surface area contributed by atoms with Crippen molar-refractivity contribution >= 4 is 5.91 Å². The highest BCUT2D eigenvalue weighted by molar-refractivity contribution is 5.96.